The number of aliphatic hydroxyl groups is 1. The summed E-state index contributed by atoms with van der Waals surface area (Å²) >= 11 is 4.96. The van der Waals surface area contributed by atoms with Crippen molar-refractivity contribution in [2.75, 3.05) is 0 Å². The molecule has 3 aliphatic rings. The lowest BCUT2D eigenvalue weighted by Crippen LogP contribution is -2.61. The van der Waals surface area contributed by atoms with E-state index < -0.39 is 5.60 Å². The Balaban J connectivity index is 1.81. The number of nitrogens with two attached hydrogens (primary N) is 1. The van der Waals surface area contributed by atoms with Gasteiger partial charge in [-0.05, 0) is 55.3 Å². The molecule has 5 atom stereocenters. The molecule has 1 aromatic carbocycles. The SMILES string of the molecule is NC(=S)NN=C1[C@@H]2CCC[C@@H]1[C@]1(O)CCCC[C@@H]1[C@@H]2c1ccccc1. The molecule has 0 spiro atoms. The second-order valence-electron chi connectivity index (χ2n) is 7.88. The van der Waals surface area contributed by atoms with E-state index in [1.165, 1.54) is 12.0 Å². The van der Waals surface area contributed by atoms with Crippen molar-refractivity contribution in [1.82, 2.24) is 5.43 Å². The first-order chi connectivity index (χ1) is 12.1. The van der Waals surface area contributed by atoms with Gasteiger partial charge in [0.2, 0.25) is 0 Å². The van der Waals surface area contributed by atoms with Crippen LogP contribution in [0.4, 0.5) is 0 Å². The van der Waals surface area contributed by atoms with Crippen molar-refractivity contribution >= 4 is 23.0 Å². The lowest BCUT2D eigenvalue weighted by molar-refractivity contribution is -0.111. The van der Waals surface area contributed by atoms with E-state index in [-0.39, 0.29) is 11.0 Å². The Bertz CT molecular complexity index is 677. The second-order valence-corrected chi connectivity index (χ2v) is 8.32. The Morgan fingerprint density at radius 3 is 2.72 bits per heavy atom. The molecule has 0 aliphatic heterocycles. The molecule has 3 aliphatic carbocycles. The third-order valence-corrected chi connectivity index (χ3v) is 6.77. The van der Waals surface area contributed by atoms with Gasteiger partial charge in [0.1, 0.15) is 0 Å². The summed E-state index contributed by atoms with van der Waals surface area (Å²) in [4.78, 5) is 0. The summed E-state index contributed by atoms with van der Waals surface area (Å²) in [5, 5.41) is 16.6. The molecule has 2 bridgehead atoms. The van der Waals surface area contributed by atoms with Crippen molar-refractivity contribution in [1.29, 1.82) is 0 Å². The summed E-state index contributed by atoms with van der Waals surface area (Å²) < 4.78 is 0. The zero-order chi connectivity index (χ0) is 17.4. The van der Waals surface area contributed by atoms with Gasteiger partial charge in [-0.2, -0.15) is 5.10 Å². The molecule has 0 saturated heterocycles. The van der Waals surface area contributed by atoms with Gasteiger partial charge in [0.05, 0.1) is 5.60 Å². The predicted octanol–water partition coefficient (Wildman–Crippen LogP) is 3.31. The second kappa shape index (κ2) is 6.69. The smallest absolute Gasteiger partial charge is 0.184 e. The van der Waals surface area contributed by atoms with Crippen LogP contribution >= 0.6 is 12.2 Å². The van der Waals surface area contributed by atoms with E-state index in [9.17, 15) is 5.11 Å². The van der Waals surface area contributed by atoms with E-state index in [4.69, 9.17) is 18.0 Å². The van der Waals surface area contributed by atoms with Gasteiger partial charge in [-0.15, -0.1) is 0 Å². The Hall–Kier alpha value is -1.46. The molecule has 0 heterocycles. The van der Waals surface area contributed by atoms with E-state index >= 15 is 0 Å². The van der Waals surface area contributed by atoms with Crippen molar-refractivity contribution in [3.05, 3.63) is 35.9 Å². The van der Waals surface area contributed by atoms with Crippen molar-refractivity contribution in [2.45, 2.75) is 56.5 Å². The standard InChI is InChI=1S/C20H27N3OS/c21-19(25)23-22-18-14-9-6-11-16(18)20(24)12-5-4-10-15(20)17(14)13-7-2-1-3-8-13/h1-3,7-8,14-17,24H,4-6,9-12H2,(H3,21,23,25)/t14-,15-,16+,17-,20+/m1/s1. The zero-order valence-electron chi connectivity index (χ0n) is 14.5. The molecule has 4 N–H and O–H groups in total. The molecule has 0 radical (unpaired) electrons. The molecule has 4 nitrogen and oxygen atoms in total. The van der Waals surface area contributed by atoms with Crippen LogP contribution in [-0.4, -0.2) is 21.5 Å². The topological polar surface area (TPSA) is 70.6 Å². The van der Waals surface area contributed by atoms with Crippen LogP contribution in [0.2, 0.25) is 0 Å². The highest BCUT2D eigenvalue weighted by Crippen LogP contribution is 2.58. The number of hydrogen-bond acceptors (Lipinski definition) is 3. The van der Waals surface area contributed by atoms with Crippen LogP contribution in [0.3, 0.4) is 0 Å². The van der Waals surface area contributed by atoms with Crippen LogP contribution < -0.4 is 11.2 Å². The van der Waals surface area contributed by atoms with Crippen LogP contribution in [0.15, 0.2) is 35.4 Å². The van der Waals surface area contributed by atoms with Crippen LogP contribution in [0, 0.1) is 17.8 Å². The number of hydrazone groups is 1. The lowest BCUT2D eigenvalue weighted by Gasteiger charge is -2.57. The predicted molar refractivity (Wildman–Crippen MR) is 104 cm³/mol. The molecule has 0 aromatic heterocycles. The summed E-state index contributed by atoms with van der Waals surface area (Å²) in [7, 11) is 0. The number of nitrogens with one attached hydrogen (secondary N) is 1. The third-order valence-electron chi connectivity index (χ3n) is 6.68. The fraction of sp³-hybridized carbons (Fsp3) is 0.600. The van der Waals surface area contributed by atoms with E-state index in [1.807, 2.05) is 0 Å². The Morgan fingerprint density at radius 2 is 1.96 bits per heavy atom. The number of thiocarbonyl (C=S) groups is 1. The molecule has 0 amide bonds. The van der Waals surface area contributed by atoms with Gasteiger partial charge in [0, 0.05) is 17.5 Å². The monoisotopic (exact) mass is 357 g/mol. The van der Waals surface area contributed by atoms with Gasteiger partial charge in [-0.1, -0.05) is 49.6 Å². The molecule has 1 aromatic rings. The number of nitrogens with zero attached hydrogens (tertiary/aromatic N) is 1. The lowest BCUT2D eigenvalue weighted by atomic mass is 9.49. The molecule has 3 fully saturated rings. The highest BCUT2D eigenvalue weighted by Gasteiger charge is 2.58. The first kappa shape index (κ1) is 17.0. The average molecular weight is 358 g/mol. The molecule has 5 heteroatoms. The van der Waals surface area contributed by atoms with Crippen LogP contribution in [0.25, 0.3) is 0 Å². The molecule has 25 heavy (non-hydrogen) atoms. The minimum atomic E-state index is -0.646. The van der Waals surface area contributed by atoms with Gasteiger partial charge >= 0.3 is 0 Å². The first-order valence-corrected chi connectivity index (χ1v) is 9.92. The average Bonchev–Trinajstić information content (AvgIpc) is 2.62. The molecule has 3 saturated carbocycles. The summed E-state index contributed by atoms with van der Waals surface area (Å²) in [5.41, 5.74) is 10.2. The maximum atomic E-state index is 11.8. The van der Waals surface area contributed by atoms with Gasteiger partial charge < -0.3 is 10.8 Å². The minimum absolute atomic E-state index is 0.137. The van der Waals surface area contributed by atoms with E-state index in [0.29, 0.717) is 17.8 Å². The van der Waals surface area contributed by atoms with Crippen molar-refractivity contribution < 1.29 is 5.11 Å². The highest BCUT2D eigenvalue weighted by atomic mass is 32.1. The molecule has 4 rings (SSSR count). The number of rotatable bonds is 2. The van der Waals surface area contributed by atoms with Gasteiger partial charge in [-0.3, -0.25) is 5.43 Å². The number of fused-ring (bicyclic) bond motifs is 4. The Labute approximate surface area is 154 Å². The van der Waals surface area contributed by atoms with Gasteiger partial charge in [0.15, 0.2) is 5.11 Å². The summed E-state index contributed by atoms with van der Waals surface area (Å²) in [6, 6.07) is 10.7. The summed E-state index contributed by atoms with van der Waals surface area (Å²) in [6.45, 7) is 0. The quantitative estimate of drug-likeness (QED) is 0.561. The fourth-order valence-electron chi connectivity index (χ4n) is 5.80. The Kier molecular flexibility index (Phi) is 4.54. The minimum Gasteiger partial charge on any atom is -0.389 e. The maximum Gasteiger partial charge on any atom is 0.184 e. The first-order valence-electron chi connectivity index (χ1n) is 9.51. The zero-order valence-corrected chi connectivity index (χ0v) is 15.3. The van der Waals surface area contributed by atoms with Gasteiger partial charge in [0.25, 0.3) is 0 Å². The fourth-order valence-corrected chi connectivity index (χ4v) is 5.84. The van der Waals surface area contributed by atoms with Crippen molar-refractivity contribution in [3.63, 3.8) is 0 Å². The van der Waals surface area contributed by atoms with Crippen molar-refractivity contribution in [2.24, 2.45) is 28.6 Å². The van der Waals surface area contributed by atoms with E-state index in [2.05, 4.69) is 40.9 Å². The number of hydrogen-bond donors (Lipinski definition) is 3. The molecule has 134 valence electrons. The number of benzene rings is 1. The highest BCUT2D eigenvalue weighted by molar-refractivity contribution is 7.80. The molecular weight excluding hydrogens is 330 g/mol. The summed E-state index contributed by atoms with van der Waals surface area (Å²) in [5.74, 6) is 1.16. The van der Waals surface area contributed by atoms with E-state index in [1.54, 1.807) is 0 Å². The maximum absolute atomic E-state index is 11.8. The molecular formula is C20H27N3OS. The largest absolute Gasteiger partial charge is 0.389 e. The van der Waals surface area contributed by atoms with Gasteiger partial charge in [-0.25, -0.2) is 0 Å². The molecule has 0 unspecified atom stereocenters. The van der Waals surface area contributed by atoms with Crippen LogP contribution in [0.1, 0.15) is 56.4 Å². The van der Waals surface area contributed by atoms with Crippen molar-refractivity contribution in [3.8, 4) is 0 Å². The third kappa shape index (κ3) is 2.87. The van der Waals surface area contributed by atoms with E-state index in [0.717, 1.165) is 44.2 Å². The summed E-state index contributed by atoms with van der Waals surface area (Å²) in [6.07, 6.45) is 7.60. The Morgan fingerprint density at radius 1 is 1.16 bits per heavy atom. The van der Waals surface area contributed by atoms with Crippen LogP contribution in [0.5, 0.6) is 0 Å². The van der Waals surface area contributed by atoms with Crippen LogP contribution in [-0.2, 0) is 0 Å². The normalized spacial score (nSPS) is 38.8.